The minimum absolute atomic E-state index is 0.0430. The average molecular weight is 746 g/mol. The normalized spacial score (nSPS) is 16.2. The van der Waals surface area contributed by atoms with Gasteiger partial charge in [0.15, 0.2) is 11.6 Å². The summed E-state index contributed by atoms with van der Waals surface area (Å²) in [5.41, 5.74) is 5.47. The van der Waals surface area contributed by atoms with Crippen LogP contribution in [0.1, 0.15) is 115 Å². The number of benzene rings is 3. The molecule has 1 fully saturated rings. The SMILES string of the molecule is CCCCC(CC)COc1ccc(-c2nc(-c3ccc(C4CC4CC(CC)CCCC)c(C)c3O)nc(-n3cc(-c4ccc(OC)cc4)cn3)n2)c(O)c1C. The van der Waals surface area contributed by atoms with Crippen LogP contribution in [0, 0.1) is 31.6 Å². The van der Waals surface area contributed by atoms with Gasteiger partial charge in [0.05, 0.1) is 31.0 Å². The largest absolute Gasteiger partial charge is 0.507 e. The van der Waals surface area contributed by atoms with Crippen molar-refractivity contribution >= 4 is 0 Å². The number of nitrogens with zero attached hydrogens (tertiary/aromatic N) is 5. The smallest absolute Gasteiger partial charge is 0.254 e. The molecule has 9 heteroatoms. The Labute approximate surface area is 327 Å². The fraction of sp³-hybridized carbons (Fsp3) is 0.478. The zero-order chi connectivity index (χ0) is 39.1. The van der Waals surface area contributed by atoms with E-state index < -0.39 is 0 Å². The molecule has 0 bridgehead atoms. The molecule has 9 nitrogen and oxygen atoms in total. The Morgan fingerprint density at radius 3 is 2.04 bits per heavy atom. The molecular weight excluding hydrogens is 687 g/mol. The van der Waals surface area contributed by atoms with Crippen molar-refractivity contribution in [3.63, 3.8) is 0 Å². The average Bonchev–Trinajstić information content (AvgIpc) is 3.78. The highest BCUT2D eigenvalue weighted by Gasteiger charge is 2.40. The van der Waals surface area contributed by atoms with Gasteiger partial charge < -0.3 is 19.7 Å². The van der Waals surface area contributed by atoms with Gasteiger partial charge in [-0.15, -0.1) is 0 Å². The van der Waals surface area contributed by atoms with E-state index >= 15 is 0 Å². The summed E-state index contributed by atoms with van der Waals surface area (Å²) >= 11 is 0. The van der Waals surface area contributed by atoms with E-state index in [0.717, 1.165) is 54.0 Å². The molecule has 0 radical (unpaired) electrons. The molecule has 292 valence electrons. The zero-order valence-corrected chi connectivity index (χ0v) is 33.8. The van der Waals surface area contributed by atoms with E-state index in [9.17, 15) is 10.2 Å². The molecule has 55 heavy (non-hydrogen) atoms. The number of phenols is 2. The topological polar surface area (TPSA) is 115 Å². The van der Waals surface area contributed by atoms with Crippen LogP contribution in [0.2, 0.25) is 0 Å². The van der Waals surface area contributed by atoms with E-state index in [0.29, 0.717) is 52.6 Å². The van der Waals surface area contributed by atoms with Crippen LogP contribution in [-0.2, 0) is 0 Å². The monoisotopic (exact) mass is 745 g/mol. The molecule has 2 heterocycles. The quantitative estimate of drug-likeness (QED) is 0.0858. The van der Waals surface area contributed by atoms with Crippen molar-refractivity contribution in [2.24, 2.45) is 17.8 Å². The number of methoxy groups -OCH3 is 1. The van der Waals surface area contributed by atoms with E-state index in [1.165, 1.54) is 44.1 Å². The Balaban J connectivity index is 1.35. The van der Waals surface area contributed by atoms with Crippen molar-refractivity contribution in [3.8, 4) is 62.8 Å². The van der Waals surface area contributed by atoms with Gasteiger partial charge in [0.1, 0.15) is 23.0 Å². The Morgan fingerprint density at radius 2 is 1.40 bits per heavy atom. The summed E-state index contributed by atoms with van der Waals surface area (Å²) in [7, 11) is 1.64. The molecule has 5 aromatic rings. The molecule has 0 amide bonds. The van der Waals surface area contributed by atoms with Crippen LogP contribution < -0.4 is 9.47 Å². The summed E-state index contributed by atoms with van der Waals surface area (Å²) in [5.74, 6) is 4.78. The number of hydrogen-bond acceptors (Lipinski definition) is 8. The zero-order valence-electron chi connectivity index (χ0n) is 33.8. The van der Waals surface area contributed by atoms with Crippen LogP contribution in [0.3, 0.4) is 0 Å². The maximum atomic E-state index is 11.8. The Morgan fingerprint density at radius 1 is 0.764 bits per heavy atom. The summed E-state index contributed by atoms with van der Waals surface area (Å²) in [5, 5.41) is 28.0. The predicted molar refractivity (Wildman–Crippen MR) is 220 cm³/mol. The summed E-state index contributed by atoms with van der Waals surface area (Å²) in [6.07, 6.45) is 15.6. The summed E-state index contributed by atoms with van der Waals surface area (Å²) < 4.78 is 13.2. The first-order valence-electron chi connectivity index (χ1n) is 20.4. The lowest BCUT2D eigenvalue weighted by Gasteiger charge is -2.18. The summed E-state index contributed by atoms with van der Waals surface area (Å²) in [4.78, 5) is 14.6. The number of rotatable bonds is 19. The number of aromatic hydroxyl groups is 2. The summed E-state index contributed by atoms with van der Waals surface area (Å²) in [6.45, 7) is 13.4. The maximum Gasteiger partial charge on any atom is 0.254 e. The van der Waals surface area contributed by atoms with Crippen molar-refractivity contribution in [1.29, 1.82) is 0 Å². The summed E-state index contributed by atoms with van der Waals surface area (Å²) in [6, 6.07) is 15.5. The van der Waals surface area contributed by atoms with Crippen LogP contribution >= 0.6 is 0 Å². The van der Waals surface area contributed by atoms with Gasteiger partial charge in [0.25, 0.3) is 5.95 Å². The molecule has 6 rings (SSSR count). The standard InChI is InChI=1S/C46H59N5O4/c1-8-12-14-31(10-3)24-34-25-40(34)37-20-21-38(42(52)29(37)5)44-48-45(39-22-23-41(30(6)43(39)53)55-28-32(11-4)15-13-9-2)50-46(49-44)51-27-35(26-47-51)33-16-18-36(54-7)19-17-33/h16-23,26-27,31-32,34,40,52-53H,8-15,24-25,28H2,1-7H3. The third kappa shape index (κ3) is 9.14. The second-order valence-electron chi connectivity index (χ2n) is 15.4. The van der Waals surface area contributed by atoms with Crippen molar-refractivity contribution in [3.05, 3.63) is 77.6 Å². The lowest BCUT2D eigenvalue weighted by atomic mass is 9.91. The van der Waals surface area contributed by atoms with Gasteiger partial charge in [-0.25, -0.2) is 9.67 Å². The molecule has 1 aliphatic carbocycles. The molecule has 1 saturated carbocycles. The third-order valence-corrected chi connectivity index (χ3v) is 11.7. The molecular formula is C46H59N5O4. The van der Waals surface area contributed by atoms with E-state index in [2.05, 4.69) is 38.9 Å². The van der Waals surface area contributed by atoms with Crippen LogP contribution in [-0.4, -0.2) is 48.7 Å². The van der Waals surface area contributed by atoms with Gasteiger partial charge in [-0.05, 0) is 104 Å². The van der Waals surface area contributed by atoms with Crippen LogP contribution in [0.4, 0.5) is 0 Å². The van der Waals surface area contributed by atoms with Gasteiger partial charge in [0, 0.05) is 17.3 Å². The number of hydrogen-bond donors (Lipinski definition) is 2. The fourth-order valence-corrected chi connectivity index (χ4v) is 7.79. The number of aromatic nitrogens is 5. The molecule has 0 saturated heterocycles. The first-order chi connectivity index (χ1) is 26.7. The minimum Gasteiger partial charge on any atom is -0.507 e. The number of unbranched alkanes of at least 4 members (excludes halogenated alkanes) is 2. The molecule has 4 atom stereocenters. The molecule has 3 aromatic carbocycles. The minimum atomic E-state index is 0.0430. The van der Waals surface area contributed by atoms with Crippen LogP contribution in [0.5, 0.6) is 23.0 Å². The van der Waals surface area contributed by atoms with Crippen LogP contribution in [0.15, 0.2) is 60.9 Å². The second-order valence-corrected chi connectivity index (χ2v) is 15.4. The van der Waals surface area contributed by atoms with Gasteiger partial charge in [-0.3, -0.25) is 0 Å². The Bertz CT molecular complexity index is 2040. The highest BCUT2D eigenvalue weighted by atomic mass is 16.5. The molecule has 2 N–H and O–H groups in total. The first kappa shape index (κ1) is 39.8. The molecule has 4 unspecified atom stereocenters. The van der Waals surface area contributed by atoms with Gasteiger partial charge in [0.2, 0.25) is 0 Å². The van der Waals surface area contributed by atoms with E-state index in [-0.39, 0.29) is 23.3 Å². The predicted octanol–water partition coefficient (Wildman–Crippen LogP) is 11.4. The van der Waals surface area contributed by atoms with E-state index in [4.69, 9.17) is 24.4 Å². The highest BCUT2D eigenvalue weighted by Crippen LogP contribution is 2.54. The van der Waals surface area contributed by atoms with Crippen molar-refractivity contribution in [1.82, 2.24) is 24.7 Å². The van der Waals surface area contributed by atoms with E-state index in [1.54, 1.807) is 24.1 Å². The lowest BCUT2D eigenvalue weighted by Crippen LogP contribution is -2.12. The Kier molecular flexibility index (Phi) is 13.1. The lowest BCUT2D eigenvalue weighted by molar-refractivity contribution is 0.231. The van der Waals surface area contributed by atoms with Crippen LogP contribution in [0.25, 0.3) is 39.9 Å². The fourth-order valence-electron chi connectivity index (χ4n) is 7.79. The van der Waals surface area contributed by atoms with Crippen molar-refractivity contribution in [2.75, 3.05) is 13.7 Å². The Hall–Kier alpha value is -4.92. The highest BCUT2D eigenvalue weighted by molar-refractivity contribution is 5.73. The molecule has 0 spiro atoms. The molecule has 2 aromatic heterocycles. The number of phenolic OH excluding ortho intramolecular Hbond substituents is 2. The van der Waals surface area contributed by atoms with Gasteiger partial charge >= 0.3 is 0 Å². The van der Waals surface area contributed by atoms with Gasteiger partial charge in [-0.2, -0.15) is 15.1 Å². The van der Waals surface area contributed by atoms with E-state index in [1.807, 2.05) is 56.4 Å². The first-order valence-corrected chi connectivity index (χ1v) is 20.4. The molecule has 1 aliphatic rings. The third-order valence-electron chi connectivity index (χ3n) is 11.7. The molecule has 0 aliphatic heterocycles. The van der Waals surface area contributed by atoms with Crippen molar-refractivity contribution < 1.29 is 19.7 Å². The van der Waals surface area contributed by atoms with Crippen molar-refractivity contribution in [2.45, 2.75) is 112 Å². The van der Waals surface area contributed by atoms with Gasteiger partial charge in [-0.1, -0.05) is 90.8 Å². The number of ether oxygens (including phenoxy) is 2. The second kappa shape index (κ2) is 18.1. The maximum absolute atomic E-state index is 11.8.